The zero-order chi connectivity index (χ0) is 20.9. The molecule has 1 atom stereocenters. The van der Waals surface area contributed by atoms with Gasteiger partial charge < -0.3 is 15.1 Å². The summed E-state index contributed by atoms with van der Waals surface area (Å²) in [7, 11) is -3.38. The zero-order valence-electron chi connectivity index (χ0n) is 16.9. The third kappa shape index (κ3) is 5.27. The van der Waals surface area contributed by atoms with Crippen LogP contribution in [0.15, 0.2) is 35.2 Å². The van der Waals surface area contributed by atoms with E-state index in [-0.39, 0.29) is 17.7 Å². The number of nitrogens with zero attached hydrogens (tertiary/aromatic N) is 3. The number of amides is 3. The molecule has 160 valence electrons. The number of sulfone groups is 1. The summed E-state index contributed by atoms with van der Waals surface area (Å²) in [6.07, 6.45) is 1.97. The number of hydrogen-bond acceptors (Lipinski definition) is 5. The molecule has 1 N–H and O–H groups in total. The van der Waals surface area contributed by atoms with Gasteiger partial charge in [0.25, 0.3) is 0 Å². The van der Waals surface area contributed by atoms with E-state index in [4.69, 9.17) is 0 Å². The van der Waals surface area contributed by atoms with Crippen molar-refractivity contribution in [3.8, 4) is 0 Å². The first-order chi connectivity index (χ1) is 13.9. The summed E-state index contributed by atoms with van der Waals surface area (Å²) in [4.78, 5) is 31.2. The Labute approximate surface area is 172 Å². The molecule has 2 heterocycles. The molecule has 2 fully saturated rings. The van der Waals surface area contributed by atoms with Gasteiger partial charge in [-0.05, 0) is 31.9 Å². The lowest BCUT2D eigenvalue weighted by Gasteiger charge is -2.41. The smallest absolute Gasteiger partial charge is 0.318 e. The van der Waals surface area contributed by atoms with E-state index in [1.54, 1.807) is 35.2 Å². The van der Waals surface area contributed by atoms with Crippen LogP contribution in [0.1, 0.15) is 19.8 Å². The summed E-state index contributed by atoms with van der Waals surface area (Å²) < 4.78 is 25.2. The van der Waals surface area contributed by atoms with Crippen LogP contribution in [0.25, 0.3) is 0 Å². The van der Waals surface area contributed by atoms with Gasteiger partial charge in [0.2, 0.25) is 5.91 Å². The van der Waals surface area contributed by atoms with Crippen molar-refractivity contribution in [3.05, 3.63) is 30.3 Å². The molecule has 2 aliphatic rings. The van der Waals surface area contributed by atoms with Crippen LogP contribution >= 0.6 is 0 Å². The van der Waals surface area contributed by atoms with Gasteiger partial charge in [-0.3, -0.25) is 9.69 Å². The number of hydrogen-bond donors (Lipinski definition) is 1. The van der Waals surface area contributed by atoms with E-state index in [9.17, 15) is 18.0 Å². The molecule has 2 aliphatic heterocycles. The van der Waals surface area contributed by atoms with Crippen LogP contribution in [0.4, 0.5) is 4.79 Å². The zero-order valence-corrected chi connectivity index (χ0v) is 17.7. The highest BCUT2D eigenvalue weighted by molar-refractivity contribution is 7.91. The van der Waals surface area contributed by atoms with Crippen LogP contribution in [-0.4, -0.2) is 92.7 Å². The van der Waals surface area contributed by atoms with Crippen molar-refractivity contribution in [2.24, 2.45) is 0 Å². The lowest BCUT2D eigenvalue weighted by atomic mass is 10.1. The Bertz CT molecular complexity index is 809. The monoisotopic (exact) mass is 422 g/mol. The Kier molecular flexibility index (Phi) is 7.13. The quantitative estimate of drug-likeness (QED) is 0.732. The Balaban J connectivity index is 1.67. The first kappa shape index (κ1) is 21.6. The molecule has 8 nitrogen and oxygen atoms in total. The maximum Gasteiger partial charge on any atom is 0.318 e. The molecule has 1 aromatic carbocycles. The molecule has 0 aromatic heterocycles. The van der Waals surface area contributed by atoms with Crippen LogP contribution in [0.5, 0.6) is 0 Å². The van der Waals surface area contributed by atoms with Gasteiger partial charge in [-0.2, -0.15) is 0 Å². The number of benzene rings is 1. The van der Waals surface area contributed by atoms with Gasteiger partial charge in [-0.25, -0.2) is 13.2 Å². The molecule has 9 heteroatoms. The molecule has 29 heavy (non-hydrogen) atoms. The fourth-order valence-electron chi connectivity index (χ4n) is 3.89. The second-order valence-electron chi connectivity index (χ2n) is 7.51. The first-order valence-electron chi connectivity index (χ1n) is 10.3. The van der Waals surface area contributed by atoms with Gasteiger partial charge in [-0.15, -0.1) is 0 Å². The van der Waals surface area contributed by atoms with Crippen molar-refractivity contribution in [2.45, 2.75) is 30.7 Å². The van der Waals surface area contributed by atoms with Gasteiger partial charge in [0, 0.05) is 45.8 Å². The molecule has 1 unspecified atom stereocenters. The second kappa shape index (κ2) is 9.58. The van der Waals surface area contributed by atoms with Gasteiger partial charge in [0.1, 0.15) is 6.04 Å². The Hall–Kier alpha value is -2.13. The van der Waals surface area contributed by atoms with E-state index in [0.29, 0.717) is 37.6 Å². The first-order valence-corrected chi connectivity index (χ1v) is 11.9. The molecular weight excluding hydrogens is 392 g/mol. The third-order valence-electron chi connectivity index (χ3n) is 5.53. The van der Waals surface area contributed by atoms with Crippen molar-refractivity contribution in [1.82, 2.24) is 20.0 Å². The lowest BCUT2D eigenvalue weighted by molar-refractivity contribution is -0.136. The Morgan fingerprint density at radius 2 is 1.76 bits per heavy atom. The predicted octanol–water partition coefficient (Wildman–Crippen LogP) is 0.798. The van der Waals surface area contributed by atoms with Crippen LogP contribution in [-0.2, 0) is 14.6 Å². The lowest BCUT2D eigenvalue weighted by Crippen LogP contribution is -2.62. The highest BCUT2D eigenvalue weighted by Gasteiger charge is 2.38. The van der Waals surface area contributed by atoms with Crippen molar-refractivity contribution < 1.29 is 18.0 Å². The van der Waals surface area contributed by atoms with Crippen molar-refractivity contribution in [3.63, 3.8) is 0 Å². The third-order valence-corrected chi connectivity index (χ3v) is 7.25. The number of nitrogens with one attached hydrogen (secondary N) is 1. The number of carbonyl (C=O) groups is 2. The Morgan fingerprint density at radius 3 is 2.41 bits per heavy atom. The molecule has 0 spiro atoms. The van der Waals surface area contributed by atoms with Crippen LogP contribution < -0.4 is 5.32 Å². The molecule has 0 radical (unpaired) electrons. The number of urea groups is 1. The minimum absolute atomic E-state index is 0.0111. The largest absolute Gasteiger partial charge is 0.341 e. The molecule has 0 bridgehead atoms. The number of piperazine rings is 1. The van der Waals surface area contributed by atoms with E-state index < -0.39 is 15.9 Å². The van der Waals surface area contributed by atoms with E-state index in [1.807, 2.05) is 16.7 Å². The molecular formula is C20H30N4O4S. The van der Waals surface area contributed by atoms with Crippen LogP contribution in [0.3, 0.4) is 0 Å². The average Bonchev–Trinajstić information content (AvgIpc) is 3.27. The fourth-order valence-corrected chi connectivity index (χ4v) is 5.20. The molecule has 3 rings (SSSR count). The molecule has 0 aliphatic carbocycles. The van der Waals surface area contributed by atoms with Crippen LogP contribution in [0.2, 0.25) is 0 Å². The summed E-state index contributed by atoms with van der Waals surface area (Å²) in [6, 6.07) is 7.60. The second-order valence-corrected chi connectivity index (χ2v) is 9.62. The van der Waals surface area contributed by atoms with Crippen molar-refractivity contribution in [1.29, 1.82) is 0 Å². The molecule has 2 saturated heterocycles. The predicted molar refractivity (Wildman–Crippen MR) is 110 cm³/mol. The van der Waals surface area contributed by atoms with E-state index in [0.717, 1.165) is 25.9 Å². The summed E-state index contributed by atoms with van der Waals surface area (Å²) in [5.41, 5.74) is 0. The summed E-state index contributed by atoms with van der Waals surface area (Å²) in [5, 5.41) is 2.79. The Morgan fingerprint density at radius 1 is 1.07 bits per heavy atom. The van der Waals surface area contributed by atoms with Gasteiger partial charge in [0.15, 0.2) is 9.84 Å². The molecule has 3 amide bonds. The van der Waals surface area contributed by atoms with Crippen molar-refractivity contribution >= 4 is 21.8 Å². The number of rotatable bonds is 6. The maximum atomic E-state index is 13.0. The number of likely N-dealkylation sites (tertiary alicyclic amines) is 1. The normalized spacial score (nSPS) is 20.7. The van der Waals surface area contributed by atoms with E-state index in [1.165, 1.54) is 0 Å². The van der Waals surface area contributed by atoms with Crippen molar-refractivity contribution in [2.75, 3.05) is 51.6 Å². The van der Waals surface area contributed by atoms with Gasteiger partial charge >= 0.3 is 6.03 Å². The number of carbonyl (C=O) groups excluding carboxylic acids is 2. The standard InChI is InChI=1S/C20H30N4O4S/c1-2-21-20(26)24-13-12-22(16-18(24)19(25)23-10-6-7-11-23)14-15-29(27,28)17-8-4-3-5-9-17/h3-5,8-9,18H,2,6-7,10-16H2,1H3,(H,21,26). The summed E-state index contributed by atoms with van der Waals surface area (Å²) in [6.45, 7) is 5.44. The summed E-state index contributed by atoms with van der Waals surface area (Å²) >= 11 is 0. The van der Waals surface area contributed by atoms with E-state index >= 15 is 0 Å². The average molecular weight is 423 g/mol. The van der Waals surface area contributed by atoms with Gasteiger partial charge in [0.05, 0.1) is 10.6 Å². The highest BCUT2D eigenvalue weighted by Crippen LogP contribution is 2.18. The minimum atomic E-state index is -3.38. The fraction of sp³-hybridized carbons (Fsp3) is 0.600. The van der Waals surface area contributed by atoms with Crippen LogP contribution in [0, 0.1) is 0 Å². The summed E-state index contributed by atoms with van der Waals surface area (Å²) in [5.74, 6) is -0.0487. The highest BCUT2D eigenvalue weighted by atomic mass is 32.2. The topological polar surface area (TPSA) is 90.0 Å². The van der Waals surface area contributed by atoms with E-state index in [2.05, 4.69) is 5.32 Å². The molecule has 0 saturated carbocycles. The maximum absolute atomic E-state index is 13.0. The van der Waals surface area contributed by atoms with Gasteiger partial charge in [-0.1, -0.05) is 18.2 Å². The minimum Gasteiger partial charge on any atom is -0.341 e. The molecule has 1 aromatic rings. The SMILES string of the molecule is CCNC(=O)N1CCN(CCS(=O)(=O)c2ccccc2)CC1C(=O)N1CCCC1.